The molecule has 0 fully saturated rings. The molecule has 11 nitrogen and oxygen atoms in total. The lowest BCUT2D eigenvalue weighted by Gasteiger charge is -2.25. The number of allylic oxidation sites excluding steroid dienone is 1. The van der Waals surface area contributed by atoms with E-state index in [1.54, 1.807) is 39.5 Å². The number of aromatic nitrogens is 4. The van der Waals surface area contributed by atoms with Crippen molar-refractivity contribution in [3.63, 3.8) is 0 Å². The summed E-state index contributed by atoms with van der Waals surface area (Å²) in [6.07, 6.45) is 3.26. The van der Waals surface area contributed by atoms with E-state index in [0.717, 1.165) is 34.4 Å². The molecule has 49 heavy (non-hydrogen) atoms. The van der Waals surface area contributed by atoms with Crippen molar-refractivity contribution in [1.29, 1.82) is 0 Å². The molecule has 4 aromatic carbocycles. The average molecular weight is 682 g/mol. The summed E-state index contributed by atoms with van der Waals surface area (Å²) < 4.78 is 47.3. The maximum Gasteiger partial charge on any atom is 0.244 e. The molecule has 1 aliphatic rings. The van der Waals surface area contributed by atoms with E-state index in [1.807, 2.05) is 78.9 Å². The predicted molar refractivity (Wildman–Crippen MR) is 186 cm³/mol. The highest BCUT2D eigenvalue weighted by molar-refractivity contribution is 7.89. The van der Waals surface area contributed by atoms with Crippen LogP contribution in [0.5, 0.6) is 17.2 Å². The van der Waals surface area contributed by atoms with E-state index in [-0.39, 0.29) is 23.8 Å². The summed E-state index contributed by atoms with van der Waals surface area (Å²) in [5.74, 6) is 2.26. The second-order valence-electron chi connectivity index (χ2n) is 11.8. The Bertz CT molecular complexity index is 1960. The second-order valence-corrected chi connectivity index (χ2v) is 13.7. The number of ether oxygens (including phenoxy) is 3. The van der Waals surface area contributed by atoms with E-state index in [4.69, 9.17) is 19.3 Å². The SMILES string of the molecule is COc1ccc(CN(Cc2ccc(OC)cc2)S(=O)(=O)c2cccc(C3=CC(O)CCC3)c2-c2nnn(Cc3ccc(OC)cc3)n2)cc1. The molecule has 5 aromatic rings. The Hall–Kier alpha value is -5.04. The van der Waals surface area contributed by atoms with Crippen LogP contribution in [0.3, 0.4) is 0 Å². The van der Waals surface area contributed by atoms with Gasteiger partial charge >= 0.3 is 0 Å². The third kappa shape index (κ3) is 7.83. The Morgan fingerprint density at radius 3 is 1.88 bits per heavy atom. The van der Waals surface area contributed by atoms with Crippen LogP contribution in [0.1, 0.15) is 41.5 Å². The number of aliphatic hydroxyl groups excluding tert-OH is 1. The first-order valence-corrected chi connectivity index (χ1v) is 17.4. The zero-order chi connectivity index (χ0) is 34.4. The highest BCUT2D eigenvalue weighted by atomic mass is 32.2. The maximum atomic E-state index is 15.0. The first kappa shape index (κ1) is 33.8. The van der Waals surface area contributed by atoms with E-state index in [2.05, 4.69) is 10.3 Å². The predicted octanol–water partition coefficient (Wildman–Crippen LogP) is 5.73. The van der Waals surface area contributed by atoms with E-state index < -0.39 is 16.1 Å². The molecule has 0 bridgehead atoms. The number of benzene rings is 4. The van der Waals surface area contributed by atoms with Crippen molar-refractivity contribution in [1.82, 2.24) is 24.5 Å². The molecule has 0 saturated heterocycles. The topological polar surface area (TPSA) is 129 Å². The zero-order valence-electron chi connectivity index (χ0n) is 27.7. The van der Waals surface area contributed by atoms with E-state index in [9.17, 15) is 13.5 Å². The van der Waals surface area contributed by atoms with Crippen molar-refractivity contribution in [2.45, 2.75) is 49.9 Å². The van der Waals surface area contributed by atoms with Crippen molar-refractivity contribution >= 4 is 15.6 Å². The summed E-state index contributed by atoms with van der Waals surface area (Å²) >= 11 is 0. The summed E-state index contributed by atoms with van der Waals surface area (Å²) in [6, 6.07) is 27.4. The number of aliphatic hydroxyl groups is 1. The molecule has 0 spiro atoms. The summed E-state index contributed by atoms with van der Waals surface area (Å²) in [5.41, 5.74) is 4.34. The lowest BCUT2D eigenvalue weighted by molar-refractivity contribution is 0.206. The largest absolute Gasteiger partial charge is 0.497 e. The van der Waals surface area contributed by atoms with Crippen molar-refractivity contribution in [3.05, 3.63) is 119 Å². The number of hydrogen-bond donors (Lipinski definition) is 1. The molecule has 1 aromatic heterocycles. The molecule has 6 rings (SSSR count). The van der Waals surface area contributed by atoms with Crippen LogP contribution in [0.2, 0.25) is 0 Å². The number of tetrazole rings is 1. The zero-order valence-corrected chi connectivity index (χ0v) is 28.5. The Morgan fingerprint density at radius 2 is 1.35 bits per heavy atom. The monoisotopic (exact) mass is 681 g/mol. The van der Waals surface area contributed by atoms with Crippen LogP contribution < -0.4 is 14.2 Å². The third-order valence-electron chi connectivity index (χ3n) is 8.53. The molecular formula is C37H39N5O6S. The average Bonchev–Trinajstić information content (AvgIpc) is 3.60. The molecule has 0 amide bonds. The second kappa shape index (κ2) is 15.0. The van der Waals surface area contributed by atoms with Gasteiger partial charge in [-0.2, -0.15) is 9.10 Å². The van der Waals surface area contributed by atoms with Gasteiger partial charge < -0.3 is 19.3 Å². The quantitative estimate of drug-likeness (QED) is 0.166. The molecular weight excluding hydrogens is 643 g/mol. The summed E-state index contributed by atoms with van der Waals surface area (Å²) in [7, 11) is 0.599. The van der Waals surface area contributed by atoms with Gasteiger partial charge in [-0.25, -0.2) is 8.42 Å². The van der Waals surface area contributed by atoms with Crippen LogP contribution in [-0.4, -0.2) is 65.5 Å². The molecule has 0 saturated carbocycles. The smallest absolute Gasteiger partial charge is 0.244 e. The summed E-state index contributed by atoms with van der Waals surface area (Å²) in [6.45, 7) is 0.520. The first-order chi connectivity index (χ1) is 23.8. The van der Waals surface area contributed by atoms with Gasteiger partial charge in [0.1, 0.15) is 17.2 Å². The fraction of sp³-hybridized carbons (Fsp3) is 0.270. The van der Waals surface area contributed by atoms with Crippen molar-refractivity contribution in [2.75, 3.05) is 21.3 Å². The van der Waals surface area contributed by atoms with Gasteiger partial charge in [-0.3, -0.25) is 0 Å². The molecule has 1 heterocycles. The standard InChI is InChI=1S/C37H39N5O6S/c1-46-31-16-10-26(11-17-31)23-41(24-27-12-18-32(47-2)19-13-27)49(44,45)35-9-5-8-34(29-6-4-7-30(43)22-29)36(35)37-38-40-42(39-37)25-28-14-20-33(48-3)21-15-28/h5,8-22,30,43H,4,6-7,23-25H2,1-3H3. The van der Waals surface area contributed by atoms with E-state index in [0.29, 0.717) is 42.0 Å². The lowest BCUT2D eigenvalue weighted by atomic mass is 9.89. The molecule has 0 radical (unpaired) electrons. The van der Waals surface area contributed by atoms with Gasteiger partial charge in [-0.1, -0.05) is 54.6 Å². The van der Waals surface area contributed by atoms with E-state index >= 15 is 0 Å². The van der Waals surface area contributed by atoms with E-state index in [1.165, 1.54) is 9.10 Å². The highest BCUT2D eigenvalue weighted by Crippen LogP contribution is 2.38. The van der Waals surface area contributed by atoms with Gasteiger partial charge in [0.15, 0.2) is 0 Å². The van der Waals surface area contributed by atoms with Gasteiger partial charge in [0.25, 0.3) is 0 Å². The fourth-order valence-corrected chi connectivity index (χ4v) is 7.53. The van der Waals surface area contributed by atoms with Gasteiger partial charge in [0.2, 0.25) is 15.8 Å². The molecule has 12 heteroatoms. The minimum absolute atomic E-state index is 0.0528. The van der Waals surface area contributed by atoms with Crippen LogP contribution in [0.15, 0.2) is 102 Å². The number of nitrogens with zero attached hydrogens (tertiary/aromatic N) is 5. The van der Waals surface area contributed by atoms with Crippen LogP contribution in [-0.2, 0) is 29.7 Å². The van der Waals surface area contributed by atoms with Crippen LogP contribution >= 0.6 is 0 Å². The van der Waals surface area contributed by atoms with Gasteiger partial charge in [0.05, 0.1) is 44.4 Å². The molecule has 254 valence electrons. The van der Waals surface area contributed by atoms with Crippen LogP contribution in [0.4, 0.5) is 0 Å². The molecule has 1 unspecified atom stereocenters. The van der Waals surface area contributed by atoms with Crippen molar-refractivity contribution in [2.24, 2.45) is 0 Å². The Morgan fingerprint density at radius 1 is 0.796 bits per heavy atom. The van der Waals surface area contributed by atoms with Gasteiger partial charge in [0, 0.05) is 13.1 Å². The summed E-state index contributed by atoms with van der Waals surface area (Å²) in [5, 5.41) is 23.9. The fourth-order valence-electron chi connectivity index (χ4n) is 5.91. The van der Waals surface area contributed by atoms with Crippen molar-refractivity contribution in [3.8, 4) is 28.6 Å². The number of rotatable bonds is 13. The van der Waals surface area contributed by atoms with Gasteiger partial charge in [-0.05, 0) is 94.8 Å². The first-order valence-electron chi connectivity index (χ1n) is 16.0. The Balaban J connectivity index is 1.45. The molecule has 0 aliphatic heterocycles. The number of hydrogen-bond acceptors (Lipinski definition) is 9. The van der Waals surface area contributed by atoms with Gasteiger partial charge in [-0.15, -0.1) is 10.2 Å². The Labute approximate surface area is 286 Å². The van der Waals surface area contributed by atoms with Crippen molar-refractivity contribution < 1.29 is 27.7 Å². The Kier molecular flexibility index (Phi) is 10.4. The molecule has 1 atom stereocenters. The molecule has 1 N–H and O–H groups in total. The minimum Gasteiger partial charge on any atom is -0.497 e. The van der Waals surface area contributed by atoms with Crippen LogP contribution in [0, 0.1) is 0 Å². The number of methoxy groups -OCH3 is 3. The lowest BCUT2D eigenvalue weighted by Crippen LogP contribution is -2.31. The minimum atomic E-state index is -4.19. The third-order valence-corrected chi connectivity index (χ3v) is 10.4. The summed E-state index contributed by atoms with van der Waals surface area (Å²) in [4.78, 5) is 1.50. The highest BCUT2D eigenvalue weighted by Gasteiger charge is 2.32. The normalized spacial score (nSPS) is 14.8. The molecule has 1 aliphatic carbocycles. The number of sulfonamides is 1. The maximum absolute atomic E-state index is 15.0. The van der Waals surface area contributed by atoms with Crippen LogP contribution in [0.25, 0.3) is 17.0 Å².